The standard InChI is InChI=1S/C15H13ClN6/c16-12-6-2-1-5-11(12)14-8-13(10-4-3-7-17-9-10)18-15-19-20-21-22(14)15/h1-7,9,13-14H,8H2,(H,18,19,21)/t13-,14+/m0/s1. The van der Waals surface area contributed by atoms with Crippen LogP contribution in [0.25, 0.3) is 0 Å². The fourth-order valence-electron chi connectivity index (χ4n) is 2.84. The minimum absolute atomic E-state index is 0.00911. The van der Waals surface area contributed by atoms with Gasteiger partial charge in [0.15, 0.2) is 0 Å². The maximum absolute atomic E-state index is 6.37. The Morgan fingerprint density at radius 3 is 2.91 bits per heavy atom. The molecule has 0 saturated heterocycles. The number of hydrogen-bond donors (Lipinski definition) is 1. The number of benzene rings is 1. The summed E-state index contributed by atoms with van der Waals surface area (Å²) in [5.41, 5.74) is 2.13. The van der Waals surface area contributed by atoms with Gasteiger partial charge in [-0.05, 0) is 40.1 Å². The molecule has 1 N–H and O–H groups in total. The lowest BCUT2D eigenvalue weighted by Gasteiger charge is -2.31. The van der Waals surface area contributed by atoms with Crippen molar-refractivity contribution in [3.05, 3.63) is 64.9 Å². The predicted molar refractivity (Wildman–Crippen MR) is 82.6 cm³/mol. The van der Waals surface area contributed by atoms with E-state index in [-0.39, 0.29) is 12.1 Å². The monoisotopic (exact) mass is 312 g/mol. The van der Waals surface area contributed by atoms with Crippen molar-refractivity contribution in [2.75, 3.05) is 5.32 Å². The first kappa shape index (κ1) is 13.2. The van der Waals surface area contributed by atoms with Gasteiger partial charge < -0.3 is 5.32 Å². The smallest absolute Gasteiger partial charge is 0.243 e. The zero-order valence-electron chi connectivity index (χ0n) is 11.6. The van der Waals surface area contributed by atoms with Gasteiger partial charge in [-0.1, -0.05) is 41.0 Å². The summed E-state index contributed by atoms with van der Waals surface area (Å²) in [5, 5.41) is 16.0. The quantitative estimate of drug-likeness (QED) is 0.788. The number of fused-ring (bicyclic) bond motifs is 1. The summed E-state index contributed by atoms with van der Waals surface area (Å²) in [5.74, 6) is 0.644. The SMILES string of the molecule is Clc1ccccc1[C@H]1C[C@@H](c2cccnc2)Nc2nnnn21. The number of hydrogen-bond acceptors (Lipinski definition) is 5. The summed E-state index contributed by atoms with van der Waals surface area (Å²) >= 11 is 6.37. The molecule has 3 heterocycles. The Morgan fingerprint density at radius 1 is 1.18 bits per heavy atom. The molecule has 0 spiro atoms. The van der Waals surface area contributed by atoms with E-state index in [4.69, 9.17) is 11.6 Å². The molecule has 0 saturated carbocycles. The van der Waals surface area contributed by atoms with E-state index in [1.54, 1.807) is 10.9 Å². The lowest BCUT2D eigenvalue weighted by molar-refractivity contribution is 0.423. The highest BCUT2D eigenvalue weighted by atomic mass is 35.5. The van der Waals surface area contributed by atoms with Crippen LogP contribution in [-0.4, -0.2) is 25.2 Å². The minimum Gasteiger partial charge on any atom is -0.346 e. The number of aromatic nitrogens is 5. The molecule has 4 rings (SSSR count). The number of pyridine rings is 1. The molecule has 0 aliphatic carbocycles. The Balaban J connectivity index is 1.77. The van der Waals surface area contributed by atoms with Crippen LogP contribution in [0.3, 0.4) is 0 Å². The van der Waals surface area contributed by atoms with Crippen LogP contribution in [0, 0.1) is 0 Å². The lowest BCUT2D eigenvalue weighted by atomic mass is 9.94. The largest absolute Gasteiger partial charge is 0.346 e. The second-order valence-electron chi connectivity index (χ2n) is 5.20. The van der Waals surface area contributed by atoms with Crippen molar-refractivity contribution in [1.29, 1.82) is 0 Å². The first-order valence-electron chi connectivity index (χ1n) is 7.01. The van der Waals surface area contributed by atoms with E-state index in [0.29, 0.717) is 5.95 Å². The molecule has 1 aliphatic rings. The molecule has 0 bridgehead atoms. The Hall–Kier alpha value is -2.47. The predicted octanol–water partition coefficient (Wildman–Crippen LogP) is 2.87. The molecule has 0 fully saturated rings. The van der Waals surface area contributed by atoms with Crippen molar-refractivity contribution in [1.82, 2.24) is 25.2 Å². The zero-order valence-corrected chi connectivity index (χ0v) is 12.4. The maximum Gasteiger partial charge on any atom is 0.243 e. The van der Waals surface area contributed by atoms with Crippen LogP contribution < -0.4 is 5.32 Å². The third-order valence-electron chi connectivity index (χ3n) is 3.90. The third kappa shape index (κ3) is 2.21. The van der Waals surface area contributed by atoms with Gasteiger partial charge in [0.2, 0.25) is 5.95 Å². The van der Waals surface area contributed by atoms with Gasteiger partial charge in [-0.2, -0.15) is 0 Å². The molecule has 2 aromatic heterocycles. The Labute approximate surface area is 132 Å². The number of rotatable bonds is 2. The highest BCUT2D eigenvalue weighted by Gasteiger charge is 2.31. The molecular formula is C15H13ClN6. The fraction of sp³-hybridized carbons (Fsp3) is 0.200. The molecule has 0 radical (unpaired) electrons. The van der Waals surface area contributed by atoms with Gasteiger partial charge in [0.05, 0.1) is 12.1 Å². The molecule has 6 nitrogen and oxygen atoms in total. The van der Waals surface area contributed by atoms with Gasteiger partial charge >= 0.3 is 0 Å². The minimum atomic E-state index is -0.00911. The second-order valence-corrected chi connectivity index (χ2v) is 5.61. The van der Waals surface area contributed by atoms with Crippen LogP contribution in [0.5, 0.6) is 0 Å². The number of nitrogens with zero attached hydrogens (tertiary/aromatic N) is 5. The Kier molecular flexibility index (Phi) is 3.23. The van der Waals surface area contributed by atoms with Crippen molar-refractivity contribution in [2.24, 2.45) is 0 Å². The van der Waals surface area contributed by atoms with Gasteiger partial charge in [0, 0.05) is 17.4 Å². The molecule has 110 valence electrons. The Morgan fingerprint density at radius 2 is 2.09 bits per heavy atom. The van der Waals surface area contributed by atoms with Crippen molar-refractivity contribution in [2.45, 2.75) is 18.5 Å². The van der Waals surface area contributed by atoms with Gasteiger partial charge in [0.25, 0.3) is 0 Å². The first-order chi connectivity index (χ1) is 10.8. The summed E-state index contributed by atoms with van der Waals surface area (Å²) in [6, 6.07) is 11.9. The van der Waals surface area contributed by atoms with Crippen LogP contribution in [0.1, 0.15) is 29.6 Å². The molecule has 0 unspecified atom stereocenters. The van der Waals surface area contributed by atoms with Crippen LogP contribution in [0.15, 0.2) is 48.8 Å². The summed E-state index contributed by atoms with van der Waals surface area (Å²) in [7, 11) is 0. The molecule has 2 atom stereocenters. The normalized spacial score (nSPS) is 20.2. The molecule has 1 aliphatic heterocycles. The van der Waals surface area contributed by atoms with E-state index in [2.05, 4.69) is 25.8 Å². The van der Waals surface area contributed by atoms with Crippen molar-refractivity contribution in [3.8, 4) is 0 Å². The summed E-state index contributed by atoms with van der Waals surface area (Å²) in [6.07, 6.45) is 4.43. The van der Waals surface area contributed by atoms with E-state index in [0.717, 1.165) is 22.6 Å². The molecule has 1 aromatic carbocycles. The van der Waals surface area contributed by atoms with E-state index >= 15 is 0 Å². The first-order valence-corrected chi connectivity index (χ1v) is 7.39. The molecule has 3 aromatic rings. The van der Waals surface area contributed by atoms with Crippen LogP contribution >= 0.6 is 11.6 Å². The van der Waals surface area contributed by atoms with Gasteiger partial charge in [-0.3, -0.25) is 4.98 Å². The van der Waals surface area contributed by atoms with Crippen LogP contribution in [0.2, 0.25) is 5.02 Å². The highest BCUT2D eigenvalue weighted by Crippen LogP contribution is 2.38. The molecule has 0 amide bonds. The zero-order chi connectivity index (χ0) is 14.9. The van der Waals surface area contributed by atoms with E-state index in [1.165, 1.54) is 0 Å². The number of anilines is 1. The average molecular weight is 313 g/mol. The van der Waals surface area contributed by atoms with Crippen LogP contribution in [0.4, 0.5) is 5.95 Å². The van der Waals surface area contributed by atoms with E-state index < -0.39 is 0 Å². The van der Waals surface area contributed by atoms with E-state index in [9.17, 15) is 0 Å². The van der Waals surface area contributed by atoms with Gasteiger partial charge in [0.1, 0.15) is 0 Å². The Bertz CT molecular complexity index is 787. The summed E-state index contributed by atoms with van der Waals surface area (Å²) in [6.45, 7) is 0. The van der Waals surface area contributed by atoms with E-state index in [1.807, 2.05) is 42.6 Å². The maximum atomic E-state index is 6.37. The lowest BCUT2D eigenvalue weighted by Crippen LogP contribution is -2.28. The number of nitrogens with one attached hydrogen (secondary N) is 1. The van der Waals surface area contributed by atoms with Crippen molar-refractivity contribution >= 4 is 17.5 Å². The number of tetrazole rings is 1. The third-order valence-corrected chi connectivity index (χ3v) is 4.25. The van der Waals surface area contributed by atoms with Gasteiger partial charge in [-0.15, -0.1) is 0 Å². The summed E-state index contributed by atoms with van der Waals surface area (Å²) in [4.78, 5) is 4.19. The second kappa shape index (κ2) is 5.38. The molecule has 22 heavy (non-hydrogen) atoms. The fourth-order valence-corrected chi connectivity index (χ4v) is 3.10. The van der Waals surface area contributed by atoms with Crippen molar-refractivity contribution < 1.29 is 0 Å². The van der Waals surface area contributed by atoms with Gasteiger partial charge in [-0.25, -0.2) is 4.68 Å². The van der Waals surface area contributed by atoms with Crippen LogP contribution in [-0.2, 0) is 0 Å². The average Bonchev–Trinajstić information content (AvgIpc) is 3.04. The van der Waals surface area contributed by atoms with Crippen molar-refractivity contribution in [3.63, 3.8) is 0 Å². The highest BCUT2D eigenvalue weighted by molar-refractivity contribution is 6.31. The number of halogens is 1. The molecular weight excluding hydrogens is 300 g/mol. The topological polar surface area (TPSA) is 68.5 Å². The summed E-state index contributed by atoms with van der Waals surface area (Å²) < 4.78 is 1.79. The molecule has 7 heteroatoms.